The SMILES string of the molecule is CC(=O)N1c2cccc(O)c2NC2=C(C(=O)CC(C)(C)C2)C1c1ccc(Cl)c(Cl)c1. The Hall–Kier alpha value is -2.50. The molecule has 1 amide bonds. The molecule has 0 bridgehead atoms. The highest BCUT2D eigenvalue weighted by Crippen LogP contribution is 2.50. The van der Waals surface area contributed by atoms with Gasteiger partial charge in [0.15, 0.2) is 5.78 Å². The molecule has 2 N–H and O–H groups in total. The second-order valence-corrected chi connectivity index (χ2v) is 9.41. The van der Waals surface area contributed by atoms with E-state index in [0.29, 0.717) is 51.1 Å². The first-order valence-electron chi connectivity index (χ1n) is 9.69. The van der Waals surface area contributed by atoms with Gasteiger partial charge >= 0.3 is 0 Å². The smallest absolute Gasteiger partial charge is 0.224 e. The van der Waals surface area contributed by atoms with E-state index in [2.05, 4.69) is 5.32 Å². The van der Waals surface area contributed by atoms with E-state index in [1.165, 1.54) is 6.92 Å². The van der Waals surface area contributed by atoms with Crippen molar-refractivity contribution in [2.45, 2.75) is 39.7 Å². The number of halogens is 2. The number of anilines is 2. The molecule has 1 aliphatic carbocycles. The number of Topliss-reactive ketones (excluding diaryl/α,β-unsaturated/α-hetero) is 1. The number of aromatic hydroxyl groups is 1. The van der Waals surface area contributed by atoms with Gasteiger partial charge in [0.1, 0.15) is 11.4 Å². The number of nitrogens with one attached hydrogen (secondary N) is 1. The largest absolute Gasteiger partial charge is 0.506 e. The summed E-state index contributed by atoms with van der Waals surface area (Å²) in [4.78, 5) is 27.8. The number of fused-ring (bicyclic) bond motifs is 1. The topological polar surface area (TPSA) is 69.6 Å². The summed E-state index contributed by atoms with van der Waals surface area (Å²) in [6, 6.07) is 9.42. The zero-order chi connectivity index (χ0) is 21.8. The Bertz CT molecular complexity index is 1110. The zero-order valence-corrected chi connectivity index (χ0v) is 18.4. The molecule has 1 unspecified atom stereocenters. The standard InChI is InChI=1S/C23H22Cl2N2O3/c1-12(28)27-17-5-4-6-18(29)21(17)26-16-10-23(2,3)11-19(30)20(16)22(27)13-7-8-14(24)15(25)9-13/h4-9,22,26,29H,10-11H2,1-3H3. The molecule has 7 heteroatoms. The number of phenolic OH excluding ortho intramolecular Hbond substituents is 1. The van der Waals surface area contributed by atoms with Crippen LogP contribution in [0.5, 0.6) is 5.75 Å². The van der Waals surface area contributed by atoms with E-state index in [0.717, 1.165) is 0 Å². The van der Waals surface area contributed by atoms with Crippen LogP contribution in [0.25, 0.3) is 0 Å². The second kappa shape index (κ2) is 7.33. The Kier molecular flexibility index (Phi) is 5.07. The highest BCUT2D eigenvalue weighted by Gasteiger charge is 2.43. The van der Waals surface area contributed by atoms with Crippen molar-refractivity contribution in [2.24, 2.45) is 5.41 Å². The van der Waals surface area contributed by atoms with Gasteiger partial charge in [0.25, 0.3) is 0 Å². The molecular weight excluding hydrogens is 423 g/mol. The maximum atomic E-state index is 13.4. The Morgan fingerprint density at radius 3 is 2.57 bits per heavy atom. The maximum Gasteiger partial charge on any atom is 0.224 e. The van der Waals surface area contributed by atoms with Gasteiger partial charge in [-0.2, -0.15) is 0 Å². The number of hydrogen-bond acceptors (Lipinski definition) is 4. The van der Waals surface area contributed by atoms with Crippen molar-refractivity contribution in [1.29, 1.82) is 0 Å². The molecule has 1 heterocycles. The minimum Gasteiger partial charge on any atom is -0.506 e. The normalized spacial score (nSPS) is 20.2. The highest BCUT2D eigenvalue weighted by molar-refractivity contribution is 6.42. The summed E-state index contributed by atoms with van der Waals surface area (Å²) in [6.07, 6.45) is 0.963. The van der Waals surface area contributed by atoms with E-state index in [1.54, 1.807) is 41.3 Å². The lowest BCUT2D eigenvalue weighted by molar-refractivity contribution is -0.118. The number of amides is 1. The number of carbonyl (C=O) groups is 2. The molecule has 0 aromatic heterocycles. The third-order valence-corrected chi connectivity index (χ3v) is 6.35. The van der Waals surface area contributed by atoms with Crippen molar-refractivity contribution < 1.29 is 14.7 Å². The summed E-state index contributed by atoms with van der Waals surface area (Å²) < 4.78 is 0. The molecule has 0 spiro atoms. The van der Waals surface area contributed by atoms with Crippen molar-refractivity contribution in [3.8, 4) is 5.75 Å². The van der Waals surface area contributed by atoms with Gasteiger partial charge in [0, 0.05) is 24.6 Å². The number of phenols is 1. The molecule has 1 atom stereocenters. The number of ketones is 1. The Morgan fingerprint density at radius 1 is 1.17 bits per heavy atom. The molecule has 4 rings (SSSR count). The van der Waals surface area contributed by atoms with Gasteiger partial charge in [0.2, 0.25) is 5.91 Å². The summed E-state index contributed by atoms with van der Waals surface area (Å²) in [5.74, 6) is -0.286. The van der Waals surface area contributed by atoms with Crippen LogP contribution in [-0.4, -0.2) is 16.8 Å². The van der Waals surface area contributed by atoms with Gasteiger partial charge in [-0.15, -0.1) is 0 Å². The zero-order valence-electron chi connectivity index (χ0n) is 16.9. The number of nitrogens with zero attached hydrogens (tertiary/aromatic N) is 1. The molecule has 0 fully saturated rings. The van der Waals surface area contributed by atoms with Crippen LogP contribution in [0.3, 0.4) is 0 Å². The van der Waals surface area contributed by atoms with Crippen molar-refractivity contribution >= 4 is 46.3 Å². The molecule has 156 valence electrons. The number of hydrogen-bond donors (Lipinski definition) is 2. The van der Waals surface area contributed by atoms with Crippen LogP contribution in [0.2, 0.25) is 10.0 Å². The first kappa shape index (κ1) is 20.8. The van der Waals surface area contributed by atoms with Crippen LogP contribution in [0.15, 0.2) is 47.7 Å². The van der Waals surface area contributed by atoms with Gasteiger partial charge in [-0.1, -0.05) is 49.2 Å². The number of carbonyl (C=O) groups excluding carboxylic acids is 2. The van der Waals surface area contributed by atoms with Crippen molar-refractivity contribution in [3.63, 3.8) is 0 Å². The molecule has 30 heavy (non-hydrogen) atoms. The van der Waals surface area contributed by atoms with E-state index >= 15 is 0 Å². The average molecular weight is 445 g/mol. The highest BCUT2D eigenvalue weighted by atomic mass is 35.5. The third-order valence-electron chi connectivity index (χ3n) is 5.61. The molecule has 2 aliphatic rings. The van der Waals surface area contributed by atoms with Crippen LogP contribution in [-0.2, 0) is 9.59 Å². The number of para-hydroxylation sites is 1. The summed E-state index contributed by atoms with van der Waals surface area (Å²) in [6.45, 7) is 5.51. The number of allylic oxidation sites excluding steroid dienone is 1. The van der Waals surface area contributed by atoms with Gasteiger partial charge in [-0.3, -0.25) is 14.5 Å². The van der Waals surface area contributed by atoms with E-state index < -0.39 is 6.04 Å². The van der Waals surface area contributed by atoms with Crippen LogP contribution in [0, 0.1) is 5.41 Å². The van der Waals surface area contributed by atoms with Crippen LogP contribution in [0.4, 0.5) is 11.4 Å². The van der Waals surface area contributed by atoms with Crippen molar-refractivity contribution in [2.75, 3.05) is 10.2 Å². The lowest BCUT2D eigenvalue weighted by Crippen LogP contribution is -2.38. The fraction of sp³-hybridized carbons (Fsp3) is 0.304. The molecular formula is C23H22Cl2N2O3. The quantitative estimate of drug-likeness (QED) is 0.540. The predicted octanol–water partition coefficient (Wildman–Crippen LogP) is 5.86. The molecule has 5 nitrogen and oxygen atoms in total. The van der Waals surface area contributed by atoms with Crippen molar-refractivity contribution in [3.05, 3.63) is 63.3 Å². The van der Waals surface area contributed by atoms with E-state index in [9.17, 15) is 14.7 Å². The lowest BCUT2D eigenvalue weighted by Gasteiger charge is -2.36. The first-order valence-corrected chi connectivity index (χ1v) is 10.4. The first-order chi connectivity index (χ1) is 14.1. The maximum absolute atomic E-state index is 13.4. The minimum atomic E-state index is -0.689. The van der Waals surface area contributed by atoms with Crippen LogP contribution >= 0.6 is 23.2 Å². The van der Waals surface area contributed by atoms with E-state index in [1.807, 2.05) is 13.8 Å². The lowest BCUT2D eigenvalue weighted by atomic mass is 9.73. The summed E-state index contributed by atoms with van der Waals surface area (Å²) in [7, 11) is 0. The van der Waals surface area contributed by atoms with E-state index in [4.69, 9.17) is 23.2 Å². The Balaban J connectivity index is 2.05. The van der Waals surface area contributed by atoms with Crippen LogP contribution < -0.4 is 10.2 Å². The van der Waals surface area contributed by atoms with E-state index in [-0.39, 0.29) is 22.9 Å². The average Bonchev–Trinajstić information content (AvgIpc) is 2.78. The number of rotatable bonds is 1. The second-order valence-electron chi connectivity index (χ2n) is 8.59. The fourth-order valence-corrected chi connectivity index (χ4v) is 4.70. The third kappa shape index (κ3) is 3.46. The summed E-state index contributed by atoms with van der Waals surface area (Å²) >= 11 is 12.4. The Morgan fingerprint density at radius 2 is 1.90 bits per heavy atom. The van der Waals surface area contributed by atoms with Gasteiger partial charge in [0.05, 0.1) is 21.8 Å². The van der Waals surface area contributed by atoms with Gasteiger partial charge in [-0.05, 0) is 41.7 Å². The predicted molar refractivity (Wildman–Crippen MR) is 119 cm³/mol. The monoisotopic (exact) mass is 444 g/mol. The Labute approximate surface area is 185 Å². The fourth-order valence-electron chi connectivity index (χ4n) is 4.39. The van der Waals surface area contributed by atoms with Gasteiger partial charge < -0.3 is 10.4 Å². The number of benzene rings is 2. The van der Waals surface area contributed by atoms with Crippen molar-refractivity contribution in [1.82, 2.24) is 0 Å². The van der Waals surface area contributed by atoms with Gasteiger partial charge in [-0.25, -0.2) is 0 Å². The molecule has 0 saturated heterocycles. The summed E-state index contributed by atoms with van der Waals surface area (Å²) in [5, 5.41) is 14.6. The molecule has 2 aromatic carbocycles. The summed E-state index contributed by atoms with van der Waals surface area (Å²) in [5.41, 5.74) is 2.56. The molecule has 1 aliphatic heterocycles. The van der Waals surface area contributed by atoms with Crippen LogP contribution in [0.1, 0.15) is 45.2 Å². The minimum absolute atomic E-state index is 0.0104. The molecule has 2 aromatic rings. The molecule has 0 saturated carbocycles. The molecule has 0 radical (unpaired) electrons.